The smallest absolute Gasteiger partial charge is 0.143 e. The van der Waals surface area contributed by atoms with E-state index in [0.29, 0.717) is 0 Å². The van der Waals surface area contributed by atoms with E-state index in [1.165, 1.54) is 5.56 Å². The van der Waals surface area contributed by atoms with Gasteiger partial charge in [0.1, 0.15) is 5.82 Å². The number of nitrogens with zero attached hydrogens (tertiary/aromatic N) is 3. The van der Waals surface area contributed by atoms with Crippen LogP contribution in [0.3, 0.4) is 0 Å². The molecule has 3 nitrogen and oxygen atoms in total. The van der Waals surface area contributed by atoms with Crippen molar-refractivity contribution in [2.75, 3.05) is 11.9 Å². The number of thiazole rings is 1. The first-order chi connectivity index (χ1) is 8.08. The van der Waals surface area contributed by atoms with Crippen LogP contribution in [0, 0.1) is 13.8 Å². The van der Waals surface area contributed by atoms with Crippen molar-refractivity contribution in [1.82, 2.24) is 9.97 Å². The van der Waals surface area contributed by atoms with Gasteiger partial charge in [-0.1, -0.05) is 0 Å². The molecule has 2 aromatic rings. The van der Waals surface area contributed by atoms with Crippen LogP contribution in [0.15, 0.2) is 22.1 Å². The predicted octanol–water partition coefficient (Wildman–Crippen LogP) is 3.55. The molecule has 0 radical (unpaired) electrons. The molecule has 0 aliphatic rings. The minimum absolute atomic E-state index is 0.777. The van der Waals surface area contributed by atoms with E-state index in [4.69, 9.17) is 0 Å². The van der Waals surface area contributed by atoms with E-state index in [9.17, 15) is 0 Å². The van der Waals surface area contributed by atoms with Crippen molar-refractivity contribution in [3.63, 3.8) is 0 Å². The van der Waals surface area contributed by atoms with Crippen LogP contribution in [-0.2, 0) is 6.54 Å². The molecule has 0 saturated carbocycles. The second kappa shape index (κ2) is 5.14. The first-order valence-corrected chi connectivity index (χ1v) is 6.98. The Morgan fingerprint density at radius 1 is 1.41 bits per heavy atom. The summed E-state index contributed by atoms with van der Waals surface area (Å²) in [7, 11) is 2.03. The number of hydrogen-bond acceptors (Lipinski definition) is 4. The van der Waals surface area contributed by atoms with Gasteiger partial charge in [0, 0.05) is 18.6 Å². The molecule has 0 atom stereocenters. The Balaban J connectivity index is 2.20. The molecule has 2 rings (SSSR count). The SMILES string of the molecule is Cc1nc(CN(C)c2nccc(C)c2Br)cs1. The molecule has 0 saturated heterocycles. The van der Waals surface area contributed by atoms with E-state index in [1.807, 2.05) is 26.2 Å². The van der Waals surface area contributed by atoms with E-state index < -0.39 is 0 Å². The largest absolute Gasteiger partial charge is 0.353 e. The van der Waals surface area contributed by atoms with Gasteiger partial charge in [0.05, 0.1) is 21.7 Å². The lowest BCUT2D eigenvalue weighted by atomic mass is 10.3. The van der Waals surface area contributed by atoms with Crippen molar-refractivity contribution >= 4 is 33.1 Å². The molecule has 0 unspecified atom stereocenters. The van der Waals surface area contributed by atoms with Gasteiger partial charge in [-0.3, -0.25) is 0 Å². The standard InChI is InChI=1S/C12H14BrN3S/c1-8-4-5-14-12(11(8)13)16(3)6-10-7-17-9(2)15-10/h4-5,7H,6H2,1-3H3. The molecule has 0 aliphatic carbocycles. The fraction of sp³-hybridized carbons (Fsp3) is 0.333. The van der Waals surface area contributed by atoms with Crippen molar-refractivity contribution in [2.24, 2.45) is 0 Å². The molecule has 90 valence electrons. The summed E-state index contributed by atoms with van der Waals surface area (Å²) in [4.78, 5) is 11.0. The maximum Gasteiger partial charge on any atom is 0.143 e. The van der Waals surface area contributed by atoms with Gasteiger partial charge >= 0.3 is 0 Å². The highest BCUT2D eigenvalue weighted by Crippen LogP contribution is 2.27. The van der Waals surface area contributed by atoms with Crippen molar-refractivity contribution < 1.29 is 0 Å². The second-order valence-electron chi connectivity index (χ2n) is 3.98. The lowest BCUT2D eigenvalue weighted by Crippen LogP contribution is -2.18. The van der Waals surface area contributed by atoms with E-state index in [2.05, 4.69) is 43.1 Å². The lowest BCUT2D eigenvalue weighted by molar-refractivity contribution is 0.865. The minimum atomic E-state index is 0.777. The van der Waals surface area contributed by atoms with Crippen molar-refractivity contribution in [1.29, 1.82) is 0 Å². The molecular weight excluding hydrogens is 298 g/mol. The summed E-state index contributed by atoms with van der Waals surface area (Å²) in [6.07, 6.45) is 1.83. The van der Waals surface area contributed by atoms with Crippen molar-refractivity contribution in [2.45, 2.75) is 20.4 Å². The summed E-state index contributed by atoms with van der Waals surface area (Å²) in [6, 6.07) is 1.99. The maximum atomic E-state index is 4.46. The lowest BCUT2D eigenvalue weighted by Gasteiger charge is -2.19. The van der Waals surface area contributed by atoms with Gasteiger partial charge < -0.3 is 4.90 Å². The molecule has 0 aromatic carbocycles. The highest BCUT2D eigenvalue weighted by Gasteiger charge is 2.10. The van der Waals surface area contributed by atoms with Crippen LogP contribution >= 0.6 is 27.3 Å². The highest BCUT2D eigenvalue weighted by atomic mass is 79.9. The summed E-state index contributed by atoms with van der Waals surface area (Å²) in [5.41, 5.74) is 2.28. The van der Waals surface area contributed by atoms with Gasteiger partial charge in [-0.15, -0.1) is 11.3 Å². The Bertz CT molecular complexity index is 524. The van der Waals surface area contributed by atoms with Crippen LogP contribution in [0.5, 0.6) is 0 Å². The van der Waals surface area contributed by atoms with Gasteiger partial charge in [0.15, 0.2) is 0 Å². The van der Waals surface area contributed by atoms with Gasteiger partial charge in [0.2, 0.25) is 0 Å². The van der Waals surface area contributed by atoms with Crippen LogP contribution in [0.1, 0.15) is 16.3 Å². The van der Waals surface area contributed by atoms with E-state index >= 15 is 0 Å². The topological polar surface area (TPSA) is 29.0 Å². The molecule has 0 amide bonds. The molecule has 0 bridgehead atoms. The zero-order chi connectivity index (χ0) is 12.4. The Hall–Kier alpha value is -0.940. The quantitative estimate of drug-likeness (QED) is 0.868. The third-order valence-electron chi connectivity index (χ3n) is 2.49. The number of pyridine rings is 1. The molecular formula is C12H14BrN3S. The average Bonchev–Trinajstić information content (AvgIpc) is 2.68. The Morgan fingerprint density at radius 2 is 2.18 bits per heavy atom. The predicted molar refractivity (Wildman–Crippen MR) is 75.6 cm³/mol. The minimum Gasteiger partial charge on any atom is -0.353 e. The zero-order valence-electron chi connectivity index (χ0n) is 10.1. The first-order valence-electron chi connectivity index (χ1n) is 5.31. The summed E-state index contributed by atoms with van der Waals surface area (Å²) in [5.74, 6) is 0.954. The van der Waals surface area contributed by atoms with Gasteiger partial charge in [-0.25, -0.2) is 9.97 Å². The van der Waals surface area contributed by atoms with Crippen molar-refractivity contribution in [3.8, 4) is 0 Å². The third-order valence-corrected chi connectivity index (χ3v) is 4.29. The molecule has 0 N–H and O–H groups in total. The average molecular weight is 312 g/mol. The van der Waals surface area contributed by atoms with Gasteiger partial charge in [-0.05, 0) is 41.4 Å². The summed E-state index contributed by atoms with van der Waals surface area (Å²) >= 11 is 5.26. The molecule has 2 heterocycles. The third kappa shape index (κ3) is 2.84. The van der Waals surface area contributed by atoms with Crippen LogP contribution in [-0.4, -0.2) is 17.0 Å². The number of halogens is 1. The Labute approximate surface area is 114 Å². The van der Waals surface area contributed by atoms with Crippen LogP contribution < -0.4 is 4.90 Å². The summed E-state index contributed by atoms with van der Waals surface area (Å²) < 4.78 is 1.05. The van der Waals surface area contributed by atoms with Gasteiger partial charge in [0.25, 0.3) is 0 Å². The fourth-order valence-electron chi connectivity index (χ4n) is 1.59. The number of anilines is 1. The normalized spacial score (nSPS) is 10.6. The monoisotopic (exact) mass is 311 g/mol. The molecule has 0 aliphatic heterocycles. The Kier molecular flexibility index (Phi) is 3.79. The number of hydrogen-bond donors (Lipinski definition) is 0. The molecule has 0 fully saturated rings. The van der Waals surface area contributed by atoms with Crippen molar-refractivity contribution in [3.05, 3.63) is 38.4 Å². The molecule has 5 heteroatoms. The highest BCUT2D eigenvalue weighted by molar-refractivity contribution is 9.10. The summed E-state index contributed by atoms with van der Waals surface area (Å²) in [5, 5.41) is 3.19. The van der Waals surface area contributed by atoms with Crippen LogP contribution in [0.2, 0.25) is 0 Å². The van der Waals surface area contributed by atoms with E-state index in [-0.39, 0.29) is 0 Å². The zero-order valence-corrected chi connectivity index (χ0v) is 12.5. The number of aromatic nitrogens is 2. The van der Waals surface area contributed by atoms with E-state index in [1.54, 1.807) is 11.3 Å². The molecule has 2 aromatic heterocycles. The maximum absolute atomic E-state index is 4.46. The van der Waals surface area contributed by atoms with E-state index in [0.717, 1.165) is 27.5 Å². The van der Waals surface area contributed by atoms with Gasteiger partial charge in [-0.2, -0.15) is 0 Å². The van der Waals surface area contributed by atoms with Crippen LogP contribution in [0.4, 0.5) is 5.82 Å². The summed E-state index contributed by atoms with van der Waals surface area (Å²) in [6.45, 7) is 4.87. The second-order valence-corrected chi connectivity index (χ2v) is 5.83. The molecule has 17 heavy (non-hydrogen) atoms. The van der Waals surface area contributed by atoms with Crippen LogP contribution in [0.25, 0.3) is 0 Å². The first kappa shape index (κ1) is 12.5. The number of rotatable bonds is 3. The fourth-order valence-corrected chi connectivity index (χ4v) is 2.73. The Morgan fingerprint density at radius 3 is 2.82 bits per heavy atom. The molecule has 0 spiro atoms. The number of aryl methyl sites for hydroxylation is 2.